The average molecular weight is 236 g/mol. The molecule has 4 aliphatic rings. The third-order valence-corrected chi connectivity index (χ3v) is 7.05. The summed E-state index contributed by atoms with van der Waals surface area (Å²) in [7, 11) is 0. The van der Waals surface area contributed by atoms with E-state index in [1.54, 1.807) is 0 Å². The third-order valence-electron chi connectivity index (χ3n) is 7.05. The normalized spacial score (nSPS) is 63.4. The van der Waals surface area contributed by atoms with Gasteiger partial charge in [-0.2, -0.15) is 0 Å². The van der Waals surface area contributed by atoms with Crippen LogP contribution in [0.15, 0.2) is 0 Å². The van der Waals surface area contributed by atoms with Gasteiger partial charge in [-0.3, -0.25) is 0 Å². The van der Waals surface area contributed by atoms with Crippen molar-refractivity contribution in [3.63, 3.8) is 0 Å². The molecule has 0 saturated heterocycles. The van der Waals surface area contributed by atoms with Gasteiger partial charge < -0.3 is 10.2 Å². The molecule has 2 N–H and O–H groups in total. The van der Waals surface area contributed by atoms with E-state index in [0.717, 1.165) is 35.5 Å². The molecule has 0 amide bonds. The van der Waals surface area contributed by atoms with Gasteiger partial charge >= 0.3 is 0 Å². The lowest BCUT2D eigenvalue weighted by Gasteiger charge is -2.45. The van der Waals surface area contributed by atoms with Gasteiger partial charge in [-0.15, -0.1) is 0 Å². The molecule has 2 nitrogen and oxygen atoms in total. The van der Waals surface area contributed by atoms with Crippen LogP contribution in [-0.4, -0.2) is 23.4 Å². The lowest BCUT2D eigenvalue weighted by atomic mass is 9.60. The first kappa shape index (κ1) is 10.8. The molecule has 0 spiro atoms. The Bertz CT molecular complexity index is 342. The van der Waals surface area contributed by atoms with Crippen LogP contribution in [0.1, 0.15) is 32.6 Å². The lowest BCUT2D eigenvalue weighted by Crippen LogP contribution is -2.42. The highest BCUT2D eigenvalue weighted by molar-refractivity contribution is 5.15. The van der Waals surface area contributed by atoms with Gasteiger partial charge in [0.25, 0.3) is 0 Å². The second kappa shape index (κ2) is 3.27. The van der Waals surface area contributed by atoms with Crippen molar-refractivity contribution in [3.8, 4) is 0 Å². The maximum absolute atomic E-state index is 9.71. The molecule has 0 heterocycles. The van der Waals surface area contributed by atoms with Crippen LogP contribution in [0.25, 0.3) is 0 Å². The molecule has 0 aromatic carbocycles. The molecule has 17 heavy (non-hydrogen) atoms. The zero-order valence-corrected chi connectivity index (χ0v) is 10.7. The van der Waals surface area contributed by atoms with Crippen LogP contribution in [0, 0.1) is 46.8 Å². The molecule has 4 aliphatic carbocycles. The summed E-state index contributed by atoms with van der Waals surface area (Å²) in [6.45, 7) is 3.07. The number of rotatable bonds is 2. The van der Waals surface area contributed by atoms with Gasteiger partial charge in [-0.25, -0.2) is 0 Å². The van der Waals surface area contributed by atoms with Gasteiger partial charge in [0.05, 0.1) is 0 Å². The topological polar surface area (TPSA) is 40.5 Å². The fourth-order valence-corrected chi connectivity index (χ4v) is 6.60. The van der Waals surface area contributed by atoms with Crippen molar-refractivity contribution in [1.29, 1.82) is 0 Å². The van der Waals surface area contributed by atoms with E-state index in [1.807, 2.05) is 0 Å². The first-order valence-corrected chi connectivity index (χ1v) is 7.39. The maximum atomic E-state index is 9.71. The van der Waals surface area contributed by atoms with E-state index in [2.05, 4.69) is 6.92 Å². The predicted octanol–water partition coefficient (Wildman–Crippen LogP) is 1.91. The third kappa shape index (κ3) is 1.14. The molecular weight excluding hydrogens is 212 g/mol. The van der Waals surface area contributed by atoms with E-state index in [0.29, 0.717) is 19.1 Å². The Morgan fingerprint density at radius 2 is 1.88 bits per heavy atom. The lowest BCUT2D eigenvalue weighted by molar-refractivity contribution is -0.0158. The zero-order valence-electron chi connectivity index (χ0n) is 10.7. The maximum Gasteiger partial charge on any atom is 0.0487 e. The van der Waals surface area contributed by atoms with Crippen molar-refractivity contribution in [2.75, 3.05) is 13.2 Å². The van der Waals surface area contributed by atoms with Crippen LogP contribution in [0.2, 0.25) is 0 Å². The summed E-state index contributed by atoms with van der Waals surface area (Å²) in [5, 5.41) is 19.2. The van der Waals surface area contributed by atoms with E-state index in [4.69, 9.17) is 0 Å². The SMILES string of the molecule is CC1(CO)CC2CC1C1C3CC(CC3CO)C21. The molecule has 0 radical (unpaired) electrons. The van der Waals surface area contributed by atoms with Crippen molar-refractivity contribution in [1.82, 2.24) is 0 Å². The van der Waals surface area contributed by atoms with Gasteiger partial charge in [0.1, 0.15) is 0 Å². The van der Waals surface area contributed by atoms with Crippen LogP contribution in [0.4, 0.5) is 0 Å². The standard InChI is InChI=1S/C15H24O2/c1-15(7-17)5-9-4-12(15)14-11-3-8(13(9)14)2-10(11)6-16/h8-14,16-17H,2-7H2,1H3. The van der Waals surface area contributed by atoms with Crippen LogP contribution in [0.3, 0.4) is 0 Å². The van der Waals surface area contributed by atoms with E-state index < -0.39 is 0 Å². The van der Waals surface area contributed by atoms with Crippen LogP contribution < -0.4 is 0 Å². The first-order chi connectivity index (χ1) is 8.18. The first-order valence-electron chi connectivity index (χ1n) is 7.39. The summed E-state index contributed by atoms with van der Waals surface area (Å²) in [5.74, 6) is 5.76. The summed E-state index contributed by atoms with van der Waals surface area (Å²) in [4.78, 5) is 0. The second-order valence-corrected chi connectivity index (χ2v) is 7.61. The van der Waals surface area contributed by atoms with E-state index in [-0.39, 0.29) is 5.41 Å². The Labute approximate surface area is 103 Å². The molecule has 2 heteroatoms. The van der Waals surface area contributed by atoms with Gasteiger partial charge in [0.2, 0.25) is 0 Å². The van der Waals surface area contributed by atoms with Crippen LogP contribution in [0.5, 0.6) is 0 Å². The molecule has 4 fully saturated rings. The number of hydrogen-bond acceptors (Lipinski definition) is 2. The molecule has 4 bridgehead atoms. The molecule has 96 valence electrons. The van der Waals surface area contributed by atoms with Crippen LogP contribution in [-0.2, 0) is 0 Å². The minimum absolute atomic E-state index is 0.205. The van der Waals surface area contributed by atoms with E-state index >= 15 is 0 Å². The molecule has 0 aliphatic heterocycles. The highest BCUT2D eigenvalue weighted by atomic mass is 16.3. The van der Waals surface area contributed by atoms with Gasteiger partial charge in [-0.1, -0.05) is 6.92 Å². The number of aliphatic hydroxyl groups is 2. The Balaban J connectivity index is 1.67. The molecule has 4 rings (SSSR count). The number of fused-ring (bicyclic) bond motifs is 9. The van der Waals surface area contributed by atoms with Gasteiger partial charge in [-0.05, 0) is 72.5 Å². The summed E-state index contributed by atoms with van der Waals surface area (Å²) >= 11 is 0. The van der Waals surface area contributed by atoms with Gasteiger partial charge in [0, 0.05) is 13.2 Å². The molecule has 4 saturated carbocycles. The molecule has 8 unspecified atom stereocenters. The van der Waals surface area contributed by atoms with Crippen molar-refractivity contribution < 1.29 is 10.2 Å². The highest BCUT2D eigenvalue weighted by Gasteiger charge is 2.66. The van der Waals surface area contributed by atoms with Crippen molar-refractivity contribution in [2.24, 2.45) is 46.8 Å². The molecule has 0 aromatic rings. The Morgan fingerprint density at radius 3 is 2.59 bits per heavy atom. The minimum atomic E-state index is 0.205. The smallest absolute Gasteiger partial charge is 0.0487 e. The van der Waals surface area contributed by atoms with Crippen molar-refractivity contribution in [2.45, 2.75) is 32.6 Å². The van der Waals surface area contributed by atoms with Crippen LogP contribution >= 0.6 is 0 Å². The monoisotopic (exact) mass is 236 g/mol. The van der Waals surface area contributed by atoms with Gasteiger partial charge in [0.15, 0.2) is 0 Å². The fraction of sp³-hybridized carbons (Fsp3) is 1.00. The van der Waals surface area contributed by atoms with Crippen molar-refractivity contribution in [3.05, 3.63) is 0 Å². The predicted molar refractivity (Wildman–Crippen MR) is 65.2 cm³/mol. The van der Waals surface area contributed by atoms with E-state index in [1.165, 1.54) is 25.7 Å². The fourth-order valence-electron chi connectivity index (χ4n) is 6.60. The van der Waals surface area contributed by atoms with E-state index in [9.17, 15) is 10.2 Å². The number of hydrogen-bond donors (Lipinski definition) is 2. The largest absolute Gasteiger partial charge is 0.396 e. The van der Waals surface area contributed by atoms with Crippen molar-refractivity contribution >= 4 is 0 Å². The zero-order chi connectivity index (χ0) is 11.8. The highest BCUT2D eigenvalue weighted by Crippen LogP contribution is 2.72. The summed E-state index contributed by atoms with van der Waals surface area (Å²) in [6.07, 6.45) is 5.32. The summed E-state index contributed by atoms with van der Waals surface area (Å²) in [6, 6.07) is 0. The second-order valence-electron chi connectivity index (χ2n) is 7.61. The molecule has 0 aromatic heterocycles. The molecule has 8 atom stereocenters. The Hall–Kier alpha value is -0.0800. The minimum Gasteiger partial charge on any atom is -0.396 e. The quantitative estimate of drug-likeness (QED) is 0.719. The summed E-state index contributed by atoms with van der Waals surface area (Å²) in [5.41, 5.74) is 0.205. The summed E-state index contributed by atoms with van der Waals surface area (Å²) < 4.78 is 0. The number of aliphatic hydroxyl groups excluding tert-OH is 2. The molecular formula is C15H24O2. The average Bonchev–Trinajstić information content (AvgIpc) is 3.03. The Morgan fingerprint density at radius 1 is 1.06 bits per heavy atom. The Kier molecular flexibility index (Phi) is 2.08.